The van der Waals surface area contributed by atoms with Crippen molar-refractivity contribution in [2.24, 2.45) is 11.8 Å². The lowest BCUT2D eigenvalue weighted by atomic mass is 10.0. The summed E-state index contributed by atoms with van der Waals surface area (Å²) in [7, 11) is 0. The van der Waals surface area contributed by atoms with Gasteiger partial charge in [0.1, 0.15) is 0 Å². The van der Waals surface area contributed by atoms with Crippen molar-refractivity contribution in [3.63, 3.8) is 0 Å². The van der Waals surface area contributed by atoms with Crippen molar-refractivity contribution < 1.29 is 9.47 Å². The molecule has 0 aromatic carbocycles. The molecule has 2 heteroatoms. The highest BCUT2D eigenvalue weighted by Crippen LogP contribution is 2.29. The number of hydrogen-bond acceptors (Lipinski definition) is 2. The van der Waals surface area contributed by atoms with Crippen LogP contribution in [0.1, 0.15) is 86.5 Å². The van der Waals surface area contributed by atoms with Gasteiger partial charge < -0.3 is 9.47 Å². The first-order valence-electron chi connectivity index (χ1n) is 8.73. The van der Waals surface area contributed by atoms with Gasteiger partial charge in [-0.15, -0.1) is 0 Å². The van der Waals surface area contributed by atoms with Gasteiger partial charge in [0.05, 0.1) is 13.2 Å². The lowest BCUT2D eigenvalue weighted by molar-refractivity contribution is -0.254. The van der Waals surface area contributed by atoms with Gasteiger partial charge in [-0.25, -0.2) is 0 Å². The fourth-order valence-electron chi connectivity index (χ4n) is 2.18. The monoisotopic (exact) mass is 286 g/mol. The molecule has 0 amide bonds. The predicted octanol–water partition coefficient (Wildman–Crippen LogP) is 5.80. The molecule has 0 rings (SSSR count). The normalized spacial score (nSPS) is 12.6. The van der Waals surface area contributed by atoms with Crippen LogP contribution < -0.4 is 0 Å². The summed E-state index contributed by atoms with van der Waals surface area (Å²) in [5.74, 6) is 0.786. The van der Waals surface area contributed by atoms with Crippen molar-refractivity contribution in [3.05, 3.63) is 0 Å². The molecule has 0 aliphatic carbocycles. The smallest absolute Gasteiger partial charge is 0.168 e. The zero-order valence-corrected chi connectivity index (χ0v) is 14.8. The molecular formula is C18H38O2. The van der Waals surface area contributed by atoms with E-state index in [4.69, 9.17) is 9.47 Å². The summed E-state index contributed by atoms with van der Waals surface area (Å²) < 4.78 is 12.5. The molecule has 0 spiro atoms. The van der Waals surface area contributed by atoms with Gasteiger partial charge in [-0.05, 0) is 24.7 Å². The number of ether oxygens (including phenoxy) is 2. The van der Waals surface area contributed by atoms with E-state index in [9.17, 15) is 0 Å². The average molecular weight is 286 g/mol. The van der Waals surface area contributed by atoms with Gasteiger partial charge >= 0.3 is 0 Å². The minimum atomic E-state index is -0.334. The lowest BCUT2D eigenvalue weighted by Gasteiger charge is -2.35. The fourth-order valence-corrected chi connectivity index (χ4v) is 2.18. The highest BCUT2D eigenvalue weighted by atomic mass is 16.7. The summed E-state index contributed by atoms with van der Waals surface area (Å²) in [4.78, 5) is 0. The van der Waals surface area contributed by atoms with Crippen LogP contribution in [0.4, 0.5) is 0 Å². The summed E-state index contributed by atoms with van der Waals surface area (Å²) in [6.07, 6.45) is 8.18. The third-order valence-corrected chi connectivity index (χ3v) is 3.43. The Morgan fingerprint density at radius 3 is 1.55 bits per heavy atom. The second-order valence-corrected chi connectivity index (χ2v) is 6.88. The van der Waals surface area contributed by atoms with E-state index in [-0.39, 0.29) is 5.79 Å². The van der Waals surface area contributed by atoms with Crippen molar-refractivity contribution in [1.29, 1.82) is 0 Å². The molecule has 0 radical (unpaired) electrons. The van der Waals surface area contributed by atoms with Crippen molar-refractivity contribution in [2.45, 2.75) is 92.3 Å². The Morgan fingerprint density at radius 2 is 1.15 bits per heavy atom. The number of unbranched alkanes of at least 4 members (excludes halogenated alkanes) is 3. The largest absolute Gasteiger partial charge is 0.350 e. The van der Waals surface area contributed by atoms with Gasteiger partial charge in [-0.2, -0.15) is 0 Å². The second kappa shape index (κ2) is 11.6. The molecule has 0 fully saturated rings. The third kappa shape index (κ3) is 9.77. The first-order chi connectivity index (χ1) is 9.45. The maximum absolute atomic E-state index is 6.27. The molecule has 0 saturated carbocycles. The molecule has 20 heavy (non-hydrogen) atoms. The van der Waals surface area contributed by atoms with Crippen molar-refractivity contribution in [2.75, 3.05) is 13.2 Å². The molecule has 0 atom stereocenters. The minimum Gasteiger partial charge on any atom is -0.350 e. The molecule has 0 unspecified atom stereocenters. The standard InChI is InChI=1S/C18H38O2/c1-7-9-11-13-18(12-10-8-2,19-14-16(3)4)20-15-17(5)6/h16-17H,7-15H2,1-6H3. The van der Waals surface area contributed by atoms with Gasteiger partial charge in [-0.3, -0.25) is 0 Å². The van der Waals surface area contributed by atoms with E-state index in [2.05, 4.69) is 41.5 Å². The minimum absolute atomic E-state index is 0.334. The molecule has 122 valence electrons. The van der Waals surface area contributed by atoms with Crippen molar-refractivity contribution in [3.8, 4) is 0 Å². The highest BCUT2D eigenvalue weighted by molar-refractivity contribution is 4.72. The van der Waals surface area contributed by atoms with Crippen molar-refractivity contribution in [1.82, 2.24) is 0 Å². The molecule has 2 nitrogen and oxygen atoms in total. The summed E-state index contributed by atoms with van der Waals surface area (Å²) >= 11 is 0. The topological polar surface area (TPSA) is 18.5 Å². The van der Waals surface area contributed by atoms with E-state index >= 15 is 0 Å². The number of hydrogen-bond donors (Lipinski definition) is 0. The lowest BCUT2D eigenvalue weighted by Crippen LogP contribution is -2.38. The number of rotatable bonds is 13. The van der Waals surface area contributed by atoms with E-state index in [1.165, 1.54) is 32.1 Å². The molecule has 0 aliphatic heterocycles. The van der Waals surface area contributed by atoms with Crippen molar-refractivity contribution >= 4 is 0 Å². The van der Waals surface area contributed by atoms with Gasteiger partial charge in [0.2, 0.25) is 0 Å². The van der Waals surface area contributed by atoms with Gasteiger partial charge in [0.15, 0.2) is 5.79 Å². The van der Waals surface area contributed by atoms with Crippen LogP contribution in [0.2, 0.25) is 0 Å². The van der Waals surface area contributed by atoms with Gasteiger partial charge in [-0.1, -0.05) is 60.8 Å². The Bertz CT molecular complexity index is 199. The first kappa shape index (κ1) is 19.9. The van der Waals surface area contributed by atoms with E-state index < -0.39 is 0 Å². The maximum Gasteiger partial charge on any atom is 0.168 e. The first-order valence-corrected chi connectivity index (χ1v) is 8.73. The van der Waals surface area contributed by atoms with Crippen LogP contribution >= 0.6 is 0 Å². The fraction of sp³-hybridized carbons (Fsp3) is 1.00. The summed E-state index contributed by atoms with van der Waals surface area (Å²) in [6, 6.07) is 0. The van der Waals surface area contributed by atoms with Crippen LogP contribution in [-0.4, -0.2) is 19.0 Å². The molecule has 0 N–H and O–H groups in total. The zero-order chi connectivity index (χ0) is 15.4. The molecule has 0 aromatic rings. The van der Waals surface area contributed by atoms with E-state index in [0.29, 0.717) is 11.8 Å². The van der Waals surface area contributed by atoms with Crippen LogP contribution in [0.25, 0.3) is 0 Å². The molecule has 0 aliphatic rings. The molecule has 0 saturated heterocycles. The molecule has 0 heterocycles. The Hall–Kier alpha value is -0.0800. The van der Waals surface area contributed by atoms with Crippen LogP contribution in [0.15, 0.2) is 0 Å². The van der Waals surface area contributed by atoms with E-state index in [0.717, 1.165) is 26.1 Å². The van der Waals surface area contributed by atoms with E-state index in [1.54, 1.807) is 0 Å². The second-order valence-electron chi connectivity index (χ2n) is 6.88. The summed E-state index contributed by atoms with van der Waals surface area (Å²) in [5, 5.41) is 0. The Morgan fingerprint density at radius 1 is 0.700 bits per heavy atom. The average Bonchev–Trinajstić information content (AvgIpc) is 2.40. The summed E-state index contributed by atoms with van der Waals surface area (Å²) in [6.45, 7) is 14.9. The predicted molar refractivity (Wildman–Crippen MR) is 88.0 cm³/mol. The zero-order valence-electron chi connectivity index (χ0n) is 14.8. The molecule has 0 bridgehead atoms. The van der Waals surface area contributed by atoms with E-state index in [1.807, 2.05) is 0 Å². The maximum atomic E-state index is 6.27. The summed E-state index contributed by atoms with van der Waals surface area (Å²) in [5.41, 5.74) is 0. The quantitative estimate of drug-likeness (QED) is 0.315. The van der Waals surface area contributed by atoms with Crippen LogP contribution in [0, 0.1) is 11.8 Å². The molecule has 0 aromatic heterocycles. The highest BCUT2D eigenvalue weighted by Gasteiger charge is 2.31. The van der Waals surface area contributed by atoms with Crippen LogP contribution in [0.5, 0.6) is 0 Å². The van der Waals surface area contributed by atoms with Crippen LogP contribution in [0.3, 0.4) is 0 Å². The Kier molecular flexibility index (Phi) is 11.5. The molecular weight excluding hydrogens is 248 g/mol. The van der Waals surface area contributed by atoms with Gasteiger partial charge in [0, 0.05) is 12.8 Å². The SMILES string of the molecule is CCCCCC(CCCC)(OCC(C)C)OCC(C)C. The Balaban J connectivity index is 4.65. The van der Waals surface area contributed by atoms with Crippen LogP contribution in [-0.2, 0) is 9.47 Å². The third-order valence-electron chi connectivity index (χ3n) is 3.43. The Labute approximate surface area is 127 Å². The van der Waals surface area contributed by atoms with Gasteiger partial charge in [0.25, 0.3) is 0 Å².